The Morgan fingerprint density at radius 1 is 1.50 bits per heavy atom. The van der Waals surface area contributed by atoms with Crippen molar-refractivity contribution in [1.29, 1.82) is 0 Å². The second-order valence-electron chi connectivity index (χ2n) is 4.54. The summed E-state index contributed by atoms with van der Waals surface area (Å²) in [5, 5.41) is 14.3. The Bertz CT molecular complexity index is 320. The Labute approximate surface area is 97.9 Å². The van der Waals surface area contributed by atoms with Gasteiger partial charge in [0.1, 0.15) is 0 Å². The number of aryl methyl sites for hydroxylation is 2. The summed E-state index contributed by atoms with van der Waals surface area (Å²) < 4.78 is 1.97. The summed E-state index contributed by atoms with van der Waals surface area (Å²) in [5.41, 5.74) is 2.16. The third-order valence-corrected chi connectivity index (χ3v) is 2.64. The largest absolute Gasteiger partial charge is 0.393 e. The topological polar surface area (TPSA) is 41.3 Å². The van der Waals surface area contributed by atoms with Gasteiger partial charge in [0.15, 0.2) is 0 Å². The van der Waals surface area contributed by atoms with E-state index in [2.05, 4.69) is 23.0 Å². The normalized spacial score (nSPS) is 13.4. The van der Waals surface area contributed by atoms with Crippen molar-refractivity contribution in [3.8, 4) is 0 Å². The van der Waals surface area contributed by atoms with E-state index in [-0.39, 0.29) is 6.10 Å². The number of aliphatic hydroxyl groups is 1. The van der Waals surface area contributed by atoms with E-state index in [1.165, 1.54) is 0 Å². The van der Waals surface area contributed by atoms with E-state index in [0.29, 0.717) is 6.42 Å². The first-order chi connectivity index (χ1) is 7.52. The van der Waals surface area contributed by atoms with Crippen LogP contribution in [0, 0.1) is 6.92 Å². The highest BCUT2D eigenvalue weighted by molar-refractivity contribution is 5.09. The summed E-state index contributed by atoms with van der Waals surface area (Å²) >= 11 is 0. The van der Waals surface area contributed by atoms with Crippen LogP contribution in [0.5, 0.6) is 0 Å². The predicted octanol–water partition coefficient (Wildman–Crippen LogP) is 1.07. The molecule has 1 aromatic rings. The molecular weight excluding hydrogens is 202 g/mol. The van der Waals surface area contributed by atoms with Crippen molar-refractivity contribution < 1.29 is 5.11 Å². The van der Waals surface area contributed by atoms with Gasteiger partial charge in [0, 0.05) is 18.7 Å². The summed E-state index contributed by atoms with van der Waals surface area (Å²) in [5.74, 6) is 0. The van der Waals surface area contributed by atoms with Gasteiger partial charge in [-0.1, -0.05) is 0 Å². The van der Waals surface area contributed by atoms with Gasteiger partial charge in [0.25, 0.3) is 0 Å². The number of nitrogens with zero attached hydrogens (tertiary/aromatic N) is 3. The van der Waals surface area contributed by atoms with Crippen LogP contribution in [-0.4, -0.2) is 46.5 Å². The lowest BCUT2D eigenvalue weighted by atomic mass is 10.1. The molecule has 4 heteroatoms. The third kappa shape index (κ3) is 3.94. The van der Waals surface area contributed by atoms with Crippen molar-refractivity contribution in [1.82, 2.24) is 14.7 Å². The molecule has 1 unspecified atom stereocenters. The lowest BCUT2D eigenvalue weighted by Crippen LogP contribution is -2.21. The average Bonchev–Trinajstić information content (AvgIpc) is 2.55. The Kier molecular flexibility index (Phi) is 4.96. The van der Waals surface area contributed by atoms with Crippen molar-refractivity contribution in [2.45, 2.75) is 39.3 Å². The number of aromatic nitrogens is 2. The molecule has 1 aromatic heterocycles. The molecule has 0 amide bonds. The van der Waals surface area contributed by atoms with Crippen molar-refractivity contribution in [3.63, 3.8) is 0 Å². The fourth-order valence-corrected chi connectivity index (χ4v) is 1.79. The van der Waals surface area contributed by atoms with Gasteiger partial charge in [0.05, 0.1) is 11.8 Å². The predicted molar refractivity (Wildman–Crippen MR) is 65.5 cm³/mol. The second kappa shape index (κ2) is 6.01. The van der Waals surface area contributed by atoms with E-state index < -0.39 is 0 Å². The van der Waals surface area contributed by atoms with Crippen LogP contribution in [0.15, 0.2) is 6.07 Å². The quantitative estimate of drug-likeness (QED) is 0.787. The molecule has 0 aliphatic rings. The second-order valence-corrected chi connectivity index (χ2v) is 4.54. The zero-order valence-electron chi connectivity index (χ0n) is 10.8. The van der Waals surface area contributed by atoms with Gasteiger partial charge in [-0.15, -0.1) is 0 Å². The SMILES string of the molecule is CCn1nc(C)cc1CC(O)CCN(C)C. The molecule has 0 radical (unpaired) electrons. The average molecular weight is 225 g/mol. The van der Waals surface area contributed by atoms with Gasteiger partial charge in [-0.05, 0) is 47.0 Å². The van der Waals surface area contributed by atoms with Crippen molar-refractivity contribution in [2.75, 3.05) is 20.6 Å². The maximum atomic E-state index is 9.91. The molecule has 1 N–H and O–H groups in total. The van der Waals surface area contributed by atoms with Gasteiger partial charge in [-0.3, -0.25) is 4.68 Å². The number of rotatable bonds is 6. The Hall–Kier alpha value is -0.870. The lowest BCUT2D eigenvalue weighted by molar-refractivity contribution is 0.150. The van der Waals surface area contributed by atoms with Crippen molar-refractivity contribution >= 4 is 0 Å². The molecule has 0 fully saturated rings. The van der Waals surface area contributed by atoms with Gasteiger partial charge < -0.3 is 10.0 Å². The summed E-state index contributed by atoms with van der Waals surface area (Å²) in [7, 11) is 4.04. The Morgan fingerprint density at radius 3 is 2.75 bits per heavy atom. The van der Waals surface area contributed by atoms with Gasteiger partial charge in [-0.2, -0.15) is 5.10 Å². The van der Waals surface area contributed by atoms with Crippen LogP contribution in [0.4, 0.5) is 0 Å². The molecule has 1 heterocycles. The van der Waals surface area contributed by atoms with E-state index in [0.717, 1.165) is 30.9 Å². The molecule has 1 atom stereocenters. The maximum Gasteiger partial charge on any atom is 0.0607 e. The van der Waals surface area contributed by atoms with Crippen LogP contribution in [0.2, 0.25) is 0 Å². The fraction of sp³-hybridized carbons (Fsp3) is 0.750. The first-order valence-corrected chi connectivity index (χ1v) is 5.89. The van der Waals surface area contributed by atoms with Crippen LogP contribution >= 0.6 is 0 Å². The third-order valence-electron chi connectivity index (χ3n) is 2.64. The summed E-state index contributed by atoms with van der Waals surface area (Å²) in [6.07, 6.45) is 1.23. The Morgan fingerprint density at radius 2 is 2.19 bits per heavy atom. The van der Waals surface area contributed by atoms with Crippen LogP contribution in [0.25, 0.3) is 0 Å². The molecule has 92 valence electrons. The monoisotopic (exact) mass is 225 g/mol. The molecule has 16 heavy (non-hydrogen) atoms. The molecule has 0 spiro atoms. The molecule has 1 rings (SSSR count). The van der Waals surface area contributed by atoms with Crippen LogP contribution in [-0.2, 0) is 13.0 Å². The minimum atomic E-state index is -0.274. The van der Waals surface area contributed by atoms with Crippen molar-refractivity contribution in [3.05, 3.63) is 17.5 Å². The molecule has 4 nitrogen and oxygen atoms in total. The number of aliphatic hydroxyl groups excluding tert-OH is 1. The number of hydrogen-bond donors (Lipinski definition) is 1. The number of hydrogen-bond acceptors (Lipinski definition) is 3. The fourth-order valence-electron chi connectivity index (χ4n) is 1.79. The van der Waals surface area contributed by atoms with Crippen LogP contribution < -0.4 is 0 Å². The van der Waals surface area contributed by atoms with Crippen molar-refractivity contribution in [2.24, 2.45) is 0 Å². The lowest BCUT2D eigenvalue weighted by Gasteiger charge is -2.14. The first-order valence-electron chi connectivity index (χ1n) is 5.89. The van der Waals surface area contributed by atoms with E-state index in [1.807, 2.05) is 25.7 Å². The van der Waals surface area contributed by atoms with Crippen LogP contribution in [0.1, 0.15) is 24.7 Å². The van der Waals surface area contributed by atoms with Gasteiger partial charge in [-0.25, -0.2) is 0 Å². The molecule has 0 aliphatic heterocycles. The smallest absolute Gasteiger partial charge is 0.0607 e. The maximum absolute atomic E-state index is 9.91. The van der Waals surface area contributed by atoms with Gasteiger partial charge >= 0.3 is 0 Å². The van der Waals surface area contributed by atoms with Gasteiger partial charge in [0.2, 0.25) is 0 Å². The minimum Gasteiger partial charge on any atom is -0.393 e. The van der Waals surface area contributed by atoms with Crippen LogP contribution in [0.3, 0.4) is 0 Å². The molecule has 0 aromatic carbocycles. The highest BCUT2D eigenvalue weighted by Crippen LogP contribution is 2.09. The Balaban J connectivity index is 2.51. The zero-order chi connectivity index (χ0) is 12.1. The van der Waals surface area contributed by atoms with E-state index >= 15 is 0 Å². The summed E-state index contributed by atoms with van der Waals surface area (Å²) in [6.45, 7) is 5.84. The molecule has 0 saturated carbocycles. The van der Waals surface area contributed by atoms with E-state index in [1.54, 1.807) is 0 Å². The standard InChI is InChI=1S/C12H23N3O/c1-5-15-11(8-10(2)13-15)9-12(16)6-7-14(3)4/h8,12,16H,5-7,9H2,1-4H3. The molecule has 0 saturated heterocycles. The minimum absolute atomic E-state index is 0.274. The first kappa shape index (κ1) is 13.2. The molecule has 0 bridgehead atoms. The molecule has 0 aliphatic carbocycles. The molecular formula is C12H23N3O. The van der Waals surface area contributed by atoms with E-state index in [9.17, 15) is 5.11 Å². The summed E-state index contributed by atoms with van der Waals surface area (Å²) in [6, 6.07) is 2.06. The highest BCUT2D eigenvalue weighted by Gasteiger charge is 2.10. The summed E-state index contributed by atoms with van der Waals surface area (Å²) in [4.78, 5) is 2.09. The van der Waals surface area contributed by atoms with E-state index in [4.69, 9.17) is 0 Å². The zero-order valence-corrected chi connectivity index (χ0v) is 10.8. The highest BCUT2D eigenvalue weighted by atomic mass is 16.3.